The predicted octanol–water partition coefficient (Wildman–Crippen LogP) is 2.70. The Kier molecular flexibility index (Phi) is 3.49. The molecular weight excluding hydrogens is 240 g/mol. The number of hydrogen-bond donors (Lipinski definition) is 0. The lowest BCUT2D eigenvalue weighted by atomic mass is 10.4. The molecule has 0 aliphatic carbocycles. The van der Waals surface area contributed by atoms with Crippen LogP contribution in [-0.4, -0.2) is 13.1 Å². The smallest absolute Gasteiger partial charge is 0.330 e. The van der Waals surface area contributed by atoms with Crippen molar-refractivity contribution in [1.82, 2.24) is 0 Å². The van der Waals surface area contributed by atoms with Gasteiger partial charge in [0.05, 0.1) is 10.9 Å². The molecule has 64 valence electrons. The molecule has 0 N–H and O–H groups in total. The maximum atomic E-state index is 10.7. The highest BCUT2D eigenvalue weighted by atomic mass is 79.9. The Morgan fingerprint density at radius 3 is 2.92 bits per heavy atom. The van der Waals surface area contributed by atoms with Crippen molar-refractivity contribution in [1.29, 1.82) is 0 Å². The predicted molar refractivity (Wildman–Crippen MR) is 53.1 cm³/mol. The largest absolute Gasteiger partial charge is 0.466 e. The van der Waals surface area contributed by atoms with Gasteiger partial charge < -0.3 is 4.74 Å². The van der Waals surface area contributed by atoms with E-state index >= 15 is 0 Å². The van der Waals surface area contributed by atoms with Crippen LogP contribution in [0.15, 0.2) is 22.0 Å². The van der Waals surface area contributed by atoms with E-state index < -0.39 is 0 Å². The third-order valence-corrected chi connectivity index (χ3v) is 2.77. The number of hydrogen-bond acceptors (Lipinski definition) is 3. The molecule has 0 aliphatic heterocycles. The van der Waals surface area contributed by atoms with E-state index in [-0.39, 0.29) is 5.97 Å². The highest BCUT2D eigenvalue weighted by Crippen LogP contribution is 2.22. The molecule has 12 heavy (non-hydrogen) atoms. The lowest BCUT2D eigenvalue weighted by molar-refractivity contribution is -0.134. The Balaban J connectivity index is 2.63. The van der Waals surface area contributed by atoms with Crippen LogP contribution < -0.4 is 0 Å². The summed E-state index contributed by atoms with van der Waals surface area (Å²) in [4.78, 5) is 11.7. The van der Waals surface area contributed by atoms with Crippen LogP contribution in [0.3, 0.4) is 0 Å². The average molecular weight is 247 g/mol. The molecule has 1 rings (SSSR count). The van der Waals surface area contributed by atoms with Crippen molar-refractivity contribution in [2.45, 2.75) is 0 Å². The van der Waals surface area contributed by atoms with Gasteiger partial charge in [-0.3, -0.25) is 0 Å². The number of halogens is 1. The van der Waals surface area contributed by atoms with Crippen LogP contribution in [0.5, 0.6) is 0 Å². The monoisotopic (exact) mass is 246 g/mol. The summed E-state index contributed by atoms with van der Waals surface area (Å²) in [6.07, 6.45) is 3.12. The third-order valence-electron chi connectivity index (χ3n) is 1.18. The molecule has 1 aromatic rings. The van der Waals surface area contributed by atoms with Crippen LogP contribution in [0, 0.1) is 0 Å². The summed E-state index contributed by atoms with van der Waals surface area (Å²) in [6.45, 7) is 0. The van der Waals surface area contributed by atoms with E-state index in [2.05, 4.69) is 20.7 Å². The van der Waals surface area contributed by atoms with Gasteiger partial charge in [0.25, 0.3) is 0 Å². The Bertz CT molecular complexity index is 304. The van der Waals surface area contributed by atoms with Crippen LogP contribution >= 0.6 is 27.3 Å². The normalized spacial score (nSPS) is 10.5. The standard InChI is InChI=1S/C8H7BrO2S/c1-11-8(10)5-3-6-2-4-7(9)12-6/h2-5H,1H3/b5-3-. The number of methoxy groups -OCH3 is 1. The Hall–Kier alpha value is -0.610. The fraction of sp³-hybridized carbons (Fsp3) is 0.125. The molecule has 0 radical (unpaired) electrons. The summed E-state index contributed by atoms with van der Waals surface area (Å²) in [6, 6.07) is 3.86. The molecule has 0 saturated carbocycles. The fourth-order valence-corrected chi connectivity index (χ4v) is 1.96. The van der Waals surface area contributed by atoms with Gasteiger partial charge >= 0.3 is 5.97 Å². The molecule has 0 amide bonds. The minimum Gasteiger partial charge on any atom is -0.466 e. The van der Waals surface area contributed by atoms with Crippen LogP contribution in [0.4, 0.5) is 0 Å². The van der Waals surface area contributed by atoms with Gasteiger partial charge in [-0.15, -0.1) is 11.3 Å². The van der Waals surface area contributed by atoms with Gasteiger partial charge in [-0.1, -0.05) is 0 Å². The molecule has 0 bridgehead atoms. The van der Waals surface area contributed by atoms with Crippen molar-refractivity contribution < 1.29 is 9.53 Å². The van der Waals surface area contributed by atoms with Crippen LogP contribution in [0.1, 0.15) is 4.88 Å². The molecule has 0 aromatic carbocycles. The SMILES string of the molecule is COC(=O)/C=C\c1ccc(Br)s1. The van der Waals surface area contributed by atoms with Gasteiger partial charge in [0.2, 0.25) is 0 Å². The Morgan fingerprint density at radius 1 is 1.67 bits per heavy atom. The van der Waals surface area contributed by atoms with Gasteiger partial charge in [-0.2, -0.15) is 0 Å². The second kappa shape index (κ2) is 4.42. The number of esters is 1. The van der Waals surface area contributed by atoms with E-state index in [0.29, 0.717) is 0 Å². The third kappa shape index (κ3) is 2.79. The number of carbonyl (C=O) groups excluding carboxylic acids is 1. The second-order valence-electron chi connectivity index (χ2n) is 2.00. The van der Waals surface area contributed by atoms with Gasteiger partial charge in [0.1, 0.15) is 0 Å². The van der Waals surface area contributed by atoms with Crippen molar-refractivity contribution in [3.63, 3.8) is 0 Å². The summed E-state index contributed by atoms with van der Waals surface area (Å²) in [5.41, 5.74) is 0. The highest BCUT2D eigenvalue weighted by molar-refractivity contribution is 9.11. The van der Waals surface area contributed by atoms with E-state index in [1.807, 2.05) is 12.1 Å². The molecule has 0 spiro atoms. The van der Waals surface area contributed by atoms with Gasteiger partial charge in [-0.25, -0.2) is 4.79 Å². The van der Waals surface area contributed by atoms with Crippen LogP contribution in [0.25, 0.3) is 6.08 Å². The lowest BCUT2D eigenvalue weighted by Crippen LogP contribution is -1.92. The van der Waals surface area contributed by atoms with E-state index in [0.717, 1.165) is 8.66 Å². The second-order valence-corrected chi connectivity index (χ2v) is 4.49. The topological polar surface area (TPSA) is 26.3 Å². The van der Waals surface area contributed by atoms with Crippen molar-refractivity contribution in [3.8, 4) is 0 Å². The van der Waals surface area contributed by atoms with Crippen LogP contribution in [-0.2, 0) is 9.53 Å². The van der Waals surface area contributed by atoms with Crippen molar-refractivity contribution >= 4 is 39.3 Å². The zero-order valence-corrected chi connectivity index (χ0v) is 8.81. The maximum Gasteiger partial charge on any atom is 0.330 e. The molecule has 1 heterocycles. The average Bonchev–Trinajstić information content (AvgIpc) is 2.47. The first kappa shape index (κ1) is 9.48. The summed E-state index contributed by atoms with van der Waals surface area (Å²) in [5, 5.41) is 0. The summed E-state index contributed by atoms with van der Waals surface area (Å²) in [7, 11) is 1.36. The molecular formula is C8H7BrO2S. The number of thiophene rings is 1. The van der Waals surface area contributed by atoms with E-state index in [4.69, 9.17) is 0 Å². The van der Waals surface area contributed by atoms with E-state index in [1.54, 1.807) is 17.4 Å². The first-order valence-electron chi connectivity index (χ1n) is 3.24. The van der Waals surface area contributed by atoms with E-state index in [1.165, 1.54) is 13.2 Å². The highest BCUT2D eigenvalue weighted by Gasteiger charge is 1.94. The first-order chi connectivity index (χ1) is 5.72. The minimum atomic E-state index is -0.334. The Labute approximate surface area is 83.0 Å². The lowest BCUT2D eigenvalue weighted by Gasteiger charge is -1.87. The first-order valence-corrected chi connectivity index (χ1v) is 4.84. The molecule has 1 aromatic heterocycles. The quantitative estimate of drug-likeness (QED) is 0.593. The van der Waals surface area contributed by atoms with Gasteiger partial charge in [0, 0.05) is 11.0 Å². The van der Waals surface area contributed by atoms with Crippen molar-refractivity contribution in [3.05, 3.63) is 26.9 Å². The zero-order chi connectivity index (χ0) is 8.97. The molecule has 4 heteroatoms. The molecule has 2 nitrogen and oxygen atoms in total. The number of carbonyl (C=O) groups is 1. The molecule has 0 fully saturated rings. The minimum absolute atomic E-state index is 0.334. The van der Waals surface area contributed by atoms with E-state index in [9.17, 15) is 4.79 Å². The van der Waals surface area contributed by atoms with Gasteiger partial charge in [-0.05, 0) is 34.1 Å². The molecule has 0 saturated heterocycles. The fourth-order valence-electron chi connectivity index (χ4n) is 0.636. The summed E-state index contributed by atoms with van der Waals surface area (Å²) >= 11 is 4.89. The van der Waals surface area contributed by atoms with Crippen molar-refractivity contribution in [2.75, 3.05) is 7.11 Å². The Morgan fingerprint density at radius 2 is 2.42 bits per heavy atom. The summed E-state index contributed by atoms with van der Waals surface area (Å²) < 4.78 is 5.49. The van der Waals surface area contributed by atoms with Crippen LogP contribution in [0.2, 0.25) is 0 Å². The maximum absolute atomic E-state index is 10.7. The summed E-state index contributed by atoms with van der Waals surface area (Å²) in [5.74, 6) is -0.334. The van der Waals surface area contributed by atoms with Crippen molar-refractivity contribution in [2.24, 2.45) is 0 Å². The number of ether oxygens (including phenoxy) is 1. The molecule has 0 aliphatic rings. The molecule has 0 atom stereocenters. The molecule has 0 unspecified atom stereocenters. The zero-order valence-electron chi connectivity index (χ0n) is 6.41. The van der Waals surface area contributed by atoms with Gasteiger partial charge in [0.15, 0.2) is 0 Å². The number of rotatable bonds is 2.